The molecule has 0 spiro atoms. The van der Waals surface area contributed by atoms with E-state index in [-0.39, 0.29) is 11.7 Å². The van der Waals surface area contributed by atoms with E-state index in [1.165, 1.54) is 6.07 Å². The Kier molecular flexibility index (Phi) is 5.57. The van der Waals surface area contributed by atoms with Crippen molar-refractivity contribution in [3.63, 3.8) is 0 Å². The van der Waals surface area contributed by atoms with Crippen LogP contribution in [0.5, 0.6) is 0 Å². The second-order valence-electron chi connectivity index (χ2n) is 5.85. The fourth-order valence-electron chi connectivity index (χ4n) is 2.68. The maximum Gasteiger partial charge on any atom is 0.251 e. The maximum absolute atomic E-state index is 13.5. The molecule has 0 atom stereocenters. The number of hydrogen-bond donors (Lipinski definition) is 1. The normalized spacial score (nSPS) is 10.6. The van der Waals surface area contributed by atoms with Crippen LogP contribution in [0.2, 0.25) is 0 Å². The van der Waals surface area contributed by atoms with E-state index >= 15 is 0 Å². The van der Waals surface area contributed by atoms with Gasteiger partial charge in [-0.3, -0.25) is 9.48 Å². The Morgan fingerprint density at radius 2 is 2.00 bits per heavy atom. The van der Waals surface area contributed by atoms with E-state index in [2.05, 4.69) is 10.4 Å². The van der Waals surface area contributed by atoms with Crippen LogP contribution in [0.25, 0.3) is 0 Å². The lowest BCUT2D eigenvalue weighted by Gasteiger charge is -2.08. The smallest absolute Gasteiger partial charge is 0.251 e. The number of amides is 1. The van der Waals surface area contributed by atoms with E-state index in [1.807, 2.05) is 41.2 Å². The van der Waals surface area contributed by atoms with E-state index in [1.54, 1.807) is 24.4 Å². The van der Waals surface area contributed by atoms with Crippen LogP contribution in [0.1, 0.15) is 27.9 Å². The zero-order chi connectivity index (χ0) is 17.5. The highest BCUT2D eigenvalue weighted by atomic mass is 19.1. The van der Waals surface area contributed by atoms with E-state index in [0.717, 1.165) is 5.56 Å². The first kappa shape index (κ1) is 16.9. The van der Waals surface area contributed by atoms with Crippen LogP contribution in [0.15, 0.2) is 67.0 Å². The molecule has 0 fully saturated rings. The Morgan fingerprint density at radius 3 is 2.80 bits per heavy atom. The summed E-state index contributed by atoms with van der Waals surface area (Å²) in [4.78, 5) is 12.3. The van der Waals surface area contributed by atoms with E-state index in [4.69, 9.17) is 0 Å². The van der Waals surface area contributed by atoms with Gasteiger partial charge in [0.25, 0.3) is 5.91 Å². The Bertz CT molecular complexity index is 830. The fourth-order valence-corrected chi connectivity index (χ4v) is 2.68. The van der Waals surface area contributed by atoms with Crippen molar-refractivity contribution in [2.24, 2.45) is 0 Å². The fraction of sp³-hybridized carbons (Fsp3) is 0.200. The molecule has 2 aromatic carbocycles. The number of rotatable bonds is 7. The molecule has 1 N–H and O–H groups in total. The number of nitrogens with zero attached hydrogens (tertiary/aromatic N) is 2. The molecule has 0 bridgehead atoms. The molecule has 128 valence electrons. The molecule has 25 heavy (non-hydrogen) atoms. The first-order valence-corrected chi connectivity index (χ1v) is 8.30. The Hall–Kier alpha value is -2.95. The molecule has 0 aliphatic heterocycles. The van der Waals surface area contributed by atoms with Gasteiger partial charge in [0.2, 0.25) is 0 Å². The first-order valence-electron chi connectivity index (χ1n) is 8.30. The highest BCUT2D eigenvalue weighted by Gasteiger charge is 2.07. The second-order valence-corrected chi connectivity index (χ2v) is 5.85. The van der Waals surface area contributed by atoms with Crippen molar-refractivity contribution in [3.05, 3.63) is 89.5 Å². The van der Waals surface area contributed by atoms with Gasteiger partial charge in [-0.05, 0) is 48.2 Å². The van der Waals surface area contributed by atoms with Crippen LogP contribution in [0.3, 0.4) is 0 Å². The highest BCUT2D eigenvalue weighted by molar-refractivity contribution is 5.94. The molecule has 1 aromatic heterocycles. The molecule has 1 amide bonds. The summed E-state index contributed by atoms with van der Waals surface area (Å²) in [7, 11) is 0. The zero-order valence-electron chi connectivity index (χ0n) is 13.9. The van der Waals surface area contributed by atoms with Crippen LogP contribution < -0.4 is 5.32 Å². The van der Waals surface area contributed by atoms with Crippen LogP contribution in [-0.2, 0) is 13.0 Å². The van der Waals surface area contributed by atoms with Crippen molar-refractivity contribution >= 4 is 5.91 Å². The van der Waals surface area contributed by atoms with Gasteiger partial charge in [-0.2, -0.15) is 5.10 Å². The van der Waals surface area contributed by atoms with Crippen molar-refractivity contribution in [1.29, 1.82) is 0 Å². The molecule has 4 nitrogen and oxygen atoms in total. The predicted octanol–water partition coefficient (Wildman–Crippen LogP) is 3.43. The molecule has 0 radical (unpaired) electrons. The van der Waals surface area contributed by atoms with Gasteiger partial charge in [-0.25, -0.2) is 4.39 Å². The Morgan fingerprint density at radius 1 is 1.12 bits per heavy atom. The quantitative estimate of drug-likeness (QED) is 0.672. The largest absolute Gasteiger partial charge is 0.352 e. The number of nitrogens with one attached hydrogen (secondary N) is 1. The maximum atomic E-state index is 13.5. The van der Waals surface area contributed by atoms with Crippen LogP contribution >= 0.6 is 0 Å². The molecule has 3 aromatic rings. The average Bonchev–Trinajstić information content (AvgIpc) is 3.13. The lowest BCUT2D eigenvalue weighted by molar-refractivity contribution is 0.0953. The number of aromatic nitrogens is 2. The monoisotopic (exact) mass is 337 g/mol. The van der Waals surface area contributed by atoms with Gasteiger partial charge < -0.3 is 5.32 Å². The topological polar surface area (TPSA) is 46.9 Å². The lowest BCUT2D eigenvalue weighted by Crippen LogP contribution is -2.25. The third-order valence-electron chi connectivity index (χ3n) is 3.96. The van der Waals surface area contributed by atoms with E-state index in [0.29, 0.717) is 37.1 Å². The Balaban J connectivity index is 1.50. The predicted molar refractivity (Wildman–Crippen MR) is 94.8 cm³/mol. The van der Waals surface area contributed by atoms with Crippen molar-refractivity contribution in [2.45, 2.75) is 19.4 Å². The van der Waals surface area contributed by atoms with E-state index < -0.39 is 0 Å². The second kappa shape index (κ2) is 8.24. The molecule has 3 rings (SSSR count). The summed E-state index contributed by atoms with van der Waals surface area (Å²) in [6.07, 6.45) is 4.91. The van der Waals surface area contributed by atoms with Crippen molar-refractivity contribution in [2.75, 3.05) is 6.54 Å². The first-order chi connectivity index (χ1) is 12.2. The number of carbonyl (C=O) groups is 1. The van der Waals surface area contributed by atoms with Gasteiger partial charge in [-0.1, -0.05) is 30.3 Å². The van der Waals surface area contributed by atoms with Crippen molar-refractivity contribution in [1.82, 2.24) is 15.1 Å². The van der Waals surface area contributed by atoms with E-state index in [9.17, 15) is 9.18 Å². The number of benzene rings is 2. The van der Waals surface area contributed by atoms with Gasteiger partial charge in [-0.15, -0.1) is 0 Å². The summed E-state index contributed by atoms with van der Waals surface area (Å²) in [5.41, 5.74) is 2.32. The van der Waals surface area contributed by atoms with Crippen molar-refractivity contribution < 1.29 is 9.18 Å². The summed E-state index contributed by atoms with van der Waals surface area (Å²) < 4.78 is 15.4. The zero-order valence-corrected chi connectivity index (χ0v) is 13.9. The summed E-state index contributed by atoms with van der Waals surface area (Å²) in [6.45, 7) is 1.14. The molecule has 1 heterocycles. The van der Waals surface area contributed by atoms with Crippen LogP contribution in [0.4, 0.5) is 4.39 Å². The minimum atomic E-state index is -0.194. The van der Waals surface area contributed by atoms with Gasteiger partial charge in [0.05, 0.1) is 6.54 Å². The third kappa shape index (κ3) is 4.76. The summed E-state index contributed by atoms with van der Waals surface area (Å²) >= 11 is 0. The average molecular weight is 337 g/mol. The summed E-state index contributed by atoms with van der Waals surface area (Å²) in [5, 5.41) is 7.06. The molecule has 0 unspecified atom stereocenters. The van der Waals surface area contributed by atoms with Gasteiger partial charge in [0.1, 0.15) is 5.82 Å². The number of aryl methyl sites for hydroxylation is 1. The number of halogens is 1. The molecule has 0 saturated carbocycles. The number of hydrogen-bond acceptors (Lipinski definition) is 2. The van der Waals surface area contributed by atoms with Gasteiger partial charge >= 0.3 is 0 Å². The molecule has 0 saturated heterocycles. The minimum Gasteiger partial charge on any atom is -0.352 e. The minimum absolute atomic E-state index is 0.115. The molecular formula is C20H20FN3O. The van der Waals surface area contributed by atoms with Crippen LogP contribution in [0, 0.1) is 5.82 Å². The lowest BCUT2D eigenvalue weighted by atomic mass is 10.1. The molecule has 0 aliphatic carbocycles. The summed E-state index contributed by atoms with van der Waals surface area (Å²) in [5.74, 6) is -0.309. The molecule has 5 heteroatoms. The van der Waals surface area contributed by atoms with Crippen molar-refractivity contribution in [3.8, 4) is 0 Å². The van der Waals surface area contributed by atoms with Gasteiger partial charge in [0, 0.05) is 24.5 Å². The van der Waals surface area contributed by atoms with Crippen LogP contribution in [-0.4, -0.2) is 22.2 Å². The standard InChI is InChI=1S/C20H20FN3O/c21-19-10-2-1-7-17(19)9-4-11-22-20(25)18-8-3-6-16(14-18)15-24-13-5-12-23-24/h1-3,5-8,10,12-14H,4,9,11,15H2,(H,22,25). The molecule has 0 aliphatic rings. The summed E-state index contributed by atoms with van der Waals surface area (Å²) in [6, 6.07) is 16.1. The highest BCUT2D eigenvalue weighted by Crippen LogP contribution is 2.09. The number of carbonyl (C=O) groups excluding carboxylic acids is 1. The van der Waals surface area contributed by atoms with Gasteiger partial charge in [0.15, 0.2) is 0 Å². The SMILES string of the molecule is O=C(NCCCc1ccccc1F)c1cccc(Cn2cccn2)c1. The third-order valence-corrected chi connectivity index (χ3v) is 3.96. The Labute approximate surface area is 146 Å². The molecular weight excluding hydrogens is 317 g/mol.